The number of imidazole rings is 1. The van der Waals surface area contributed by atoms with Crippen LogP contribution in [0.4, 0.5) is 0 Å². The molecule has 0 aliphatic rings. The van der Waals surface area contributed by atoms with Gasteiger partial charge in [-0.2, -0.15) is 5.26 Å². The number of carbonyl (C=O) groups is 1. The van der Waals surface area contributed by atoms with Crippen molar-refractivity contribution in [1.82, 2.24) is 9.97 Å². The zero-order chi connectivity index (χ0) is 17.8. The number of nitriles is 1. The second-order valence-corrected chi connectivity index (χ2v) is 5.13. The molecule has 0 saturated carbocycles. The van der Waals surface area contributed by atoms with Crippen LogP contribution in [0.15, 0.2) is 54.3 Å². The lowest BCUT2D eigenvalue weighted by Gasteiger charge is -2.06. The minimum absolute atomic E-state index is 0.0301. The molecule has 1 aromatic heterocycles. The summed E-state index contributed by atoms with van der Waals surface area (Å²) in [6.45, 7) is -0.521. The number of hydrogen-bond acceptors (Lipinski definition) is 6. The van der Waals surface area contributed by atoms with Gasteiger partial charge >= 0.3 is 5.97 Å². The van der Waals surface area contributed by atoms with Crippen LogP contribution in [0, 0.1) is 11.3 Å². The Kier molecular flexibility index (Phi) is 4.35. The van der Waals surface area contributed by atoms with Crippen LogP contribution in [0.2, 0.25) is 0 Å². The van der Waals surface area contributed by atoms with Gasteiger partial charge in [-0.15, -0.1) is 0 Å². The van der Waals surface area contributed by atoms with Crippen molar-refractivity contribution < 1.29 is 19.7 Å². The number of aliphatic hydroxyl groups is 1. The van der Waals surface area contributed by atoms with E-state index in [1.165, 1.54) is 12.1 Å². The minimum Gasteiger partial charge on any atom is -0.507 e. The predicted octanol–water partition coefficient (Wildman–Crippen LogP) is 2.92. The maximum absolute atomic E-state index is 11.9. The molecule has 3 N–H and O–H groups in total. The molecule has 3 rings (SSSR count). The quantitative estimate of drug-likeness (QED) is 0.383. The molecule has 0 aliphatic heterocycles. The average molecular weight is 335 g/mol. The highest BCUT2D eigenvalue weighted by Gasteiger charge is 2.16. The number of para-hydroxylation sites is 3. The molecule has 1 heterocycles. The Labute approximate surface area is 142 Å². The molecule has 25 heavy (non-hydrogen) atoms. The summed E-state index contributed by atoms with van der Waals surface area (Å²) in [6.07, 6.45) is 0. The highest BCUT2D eigenvalue weighted by Crippen LogP contribution is 2.20. The molecule has 3 aromatic rings. The number of aromatic hydroxyl groups is 1. The van der Waals surface area contributed by atoms with Crippen molar-refractivity contribution in [1.29, 1.82) is 5.26 Å². The van der Waals surface area contributed by atoms with Gasteiger partial charge in [0.05, 0.1) is 11.0 Å². The number of phenolic OH excluding ortho intramolecular Hbond substituents is 1. The van der Waals surface area contributed by atoms with Crippen LogP contribution in [0.3, 0.4) is 0 Å². The normalized spacial score (nSPS) is 11.6. The standard InChI is InChI=1S/C18H13N3O4/c19-9-12(17-20-13-6-2-3-7-14(13)21-17)16(23)10-25-18(24)11-5-1-4-8-15(11)22/h1-8,22-23H,10H2,(H,20,21)/b16-12-. The lowest BCUT2D eigenvalue weighted by molar-refractivity contribution is 0.0499. The molecule has 124 valence electrons. The Morgan fingerprint density at radius 3 is 2.64 bits per heavy atom. The van der Waals surface area contributed by atoms with Gasteiger partial charge in [0.15, 0.2) is 11.6 Å². The van der Waals surface area contributed by atoms with E-state index in [-0.39, 0.29) is 22.7 Å². The molecule has 0 saturated heterocycles. The van der Waals surface area contributed by atoms with Crippen molar-refractivity contribution in [2.45, 2.75) is 0 Å². The highest BCUT2D eigenvalue weighted by atomic mass is 16.5. The van der Waals surface area contributed by atoms with Gasteiger partial charge in [0.2, 0.25) is 0 Å². The molecule has 0 atom stereocenters. The van der Waals surface area contributed by atoms with Gasteiger partial charge in [-0.25, -0.2) is 9.78 Å². The first-order valence-corrected chi connectivity index (χ1v) is 7.32. The topological polar surface area (TPSA) is 119 Å². The summed E-state index contributed by atoms with van der Waals surface area (Å²) in [5, 5.41) is 29.0. The number of nitrogens with zero attached hydrogens (tertiary/aromatic N) is 2. The highest BCUT2D eigenvalue weighted by molar-refractivity contribution is 5.92. The number of phenols is 1. The van der Waals surface area contributed by atoms with Crippen LogP contribution in [0.25, 0.3) is 16.6 Å². The van der Waals surface area contributed by atoms with Crippen molar-refractivity contribution in [2.24, 2.45) is 0 Å². The van der Waals surface area contributed by atoms with Gasteiger partial charge in [0.1, 0.15) is 29.6 Å². The monoisotopic (exact) mass is 335 g/mol. The van der Waals surface area contributed by atoms with Crippen LogP contribution in [-0.4, -0.2) is 32.8 Å². The lowest BCUT2D eigenvalue weighted by Crippen LogP contribution is -2.09. The smallest absolute Gasteiger partial charge is 0.342 e. The van der Waals surface area contributed by atoms with Crippen LogP contribution in [0.5, 0.6) is 5.75 Å². The van der Waals surface area contributed by atoms with E-state index in [2.05, 4.69) is 9.97 Å². The molecule has 0 fully saturated rings. The van der Waals surface area contributed by atoms with Gasteiger partial charge in [0, 0.05) is 0 Å². The van der Waals surface area contributed by atoms with Crippen molar-refractivity contribution >= 4 is 22.6 Å². The number of fused-ring (bicyclic) bond motifs is 1. The number of carbonyl (C=O) groups excluding carboxylic acids is 1. The molecule has 7 heteroatoms. The molecule has 0 amide bonds. The Morgan fingerprint density at radius 2 is 1.92 bits per heavy atom. The number of ether oxygens (including phenoxy) is 1. The molecule has 0 spiro atoms. The summed E-state index contributed by atoms with van der Waals surface area (Å²) in [7, 11) is 0. The maximum atomic E-state index is 11.9. The number of hydrogen-bond donors (Lipinski definition) is 3. The molecule has 7 nitrogen and oxygen atoms in total. The predicted molar refractivity (Wildman–Crippen MR) is 89.6 cm³/mol. The zero-order valence-electron chi connectivity index (χ0n) is 12.9. The summed E-state index contributed by atoms with van der Waals surface area (Å²) >= 11 is 0. The number of nitrogens with one attached hydrogen (secondary N) is 1. The van der Waals surface area contributed by atoms with Crippen LogP contribution in [-0.2, 0) is 4.74 Å². The summed E-state index contributed by atoms with van der Waals surface area (Å²) in [5.74, 6) is -1.30. The van der Waals surface area contributed by atoms with Gasteiger partial charge in [0.25, 0.3) is 0 Å². The zero-order valence-corrected chi connectivity index (χ0v) is 12.9. The second-order valence-electron chi connectivity index (χ2n) is 5.13. The Bertz CT molecular complexity index is 981. The molecular weight excluding hydrogens is 322 g/mol. The first-order valence-electron chi connectivity index (χ1n) is 7.32. The lowest BCUT2D eigenvalue weighted by atomic mass is 10.2. The summed E-state index contributed by atoms with van der Waals surface area (Å²) < 4.78 is 4.95. The third kappa shape index (κ3) is 3.28. The van der Waals surface area contributed by atoms with Gasteiger partial charge in [-0.1, -0.05) is 24.3 Å². The summed E-state index contributed by atoms with van der Waals surface area (Å²) in [6, 6.07) is 14.9. The third-order valence-corrected chi connectivity index (χ3v) is 3.49. The third-order valence-electron chi connectivity index (χ3n) is 3.49. The molecular formula is C18H13N3O4. The number of allylic oxidation sites excluding steroid dienone is 1. The van der Waals surface area contributed by atoms with Crippen LogP contribution < -0.4 is 0 Å². The van der Waals surface area contributed by atoms with Crippen molar-refractivity contribution in [3.63, 3.8) is 0 Å². The van der Waals surface area contributed by atoms with E-state index in [9.17, 15) is 20.3 Å². The molecule has 0 radical (unpaired) electrons. The van der Waals surface area contributed by atoms with Crippen LogP contribution >= 0.6 is 0 Å². The van der Waals surface area contributed by atoms with E-state index in [1.807, 2.05) is 12.1 Å². The summed E-state index contributed by atoms with van der Waals surface area (Å²) in [5.41, 5.74) is 1.20. The number of esters is 1. The maximum Gasteiger partial charge on any atom is 0.342 e. The van der Waals surface area contributed by atoms with Gasteiger partial charge in [-0.3, -0.25) is 0 Å². The second kappa shape index (κ2) is 6.76. The van der Waals surface area contributed by atoms with E-state index < -0.39 is 18.3 Å². The number of benzene rings is 2. The van der Waals surface area contributed by atoms with Crippen molar-refractivity contribution in [3.05, 3.63) is 65.7 Å². The van der Waals surface area contributed by atoms with E-state index in [0.29, 0.717) is 11.0 Å². The average Bonchev–Trinajstić information content (AvgIpc) is 3.04. The van der Waals surface area contributed by atoms with Crippen molar-refractivity contribution in [3.8, 4) is 11.8 Å². The number of rotatable bonds is 4. The molecule has 2 aromatic carbocycles. The Balaban J connectivity index is 1.81. The number of aliphatic hydroxyl groups excluding tert-OH is 1. The fourth-order valence-electron chi connectivity index (χ4n) is 2.26. The van der Waals surface area contributed by atoms with E-state index in [0.717, 1.165) is 0 Å². The first kappa shape index (κ1) is 16.1. The largest absolute Gasteiger partial charge is 0.507 e. The van der Waals surface area contributed by atoms with Crippen LogP contribution in [0.1, 0.15) is 16.2 Å². The summed E-state index contributed by atoms with van der Waals surface area (Å²) in [4.78, 5) is 19.1. The van der Waals surface area contributed by atoms with E-state index in [4.69, 9.17) is 4.74 Å². The van der Waals surface area contributed by atoms with Gasteiger partial charge < -0.3 is 19.9 Å². The number of H-pyrrole nitrogens is 1. The van der Waals surface area contributed by atoms with E-state index >= 15 is 0 Å². The minimum atomic E-state index is -0.813. The molecule has 0 unspecified atom stereocenters. The molecule has 0 bridgehead atoms. The fraction of sp³-hybridized carbons (Fsp3) is 0.0556. The fourth-order valence-corrected chi connectivity index (χ4v) is 2.26. The first-order chi connectivity index (χ1) is 12.1. The SMILES string of the molecule is N#C/C(=C(/O)COC(=O)c1ccccc1O)c1nc2ccccc2[nH]1. The number of aromatic nitrogens is 2. The van der Waals surface area contributed by atoms with Gasteiger partial charge in [-0.05, 0) is 24.3 Å². The Morgan fingerprint density at radius 1 is 1.20 bits per heavy atom. The number of aromatic amines is 1. The Hall–Kier alpha value is -3.79. The van der Waals surface area contributed by atoms with Crippen molar-refractivity contribution in [2.75, 3.05) is 6.61 Å². The van der Waals surface area contributed by atoms with E-state index in [1.54, 1.807) is 30.3 Å². The molecule has 0 aliphatic carbocycles.